The maximum absolute atomic E-state index is 13.0. The van der Waals surface area contributed by atoms with Crippen LogP contribution >= 0.6 is 0 Å². The third kappa shape index (κ3) is 4.15. The summed E-state index contributed by atoms with van der Waals surface area (Å²) >= 11 is 0. The number of hydrogen-bond acceptors (Lipinski definition) is 5. The number of methoxy groups -OCH3 is 1. The van der Waals surface area contributed by atoms with Crippen LogP contribution in [0, 0.1) is 5.92 Å². The first-order valence-corrected chi connectivity index (χ1v) is 11.1. The van der Waals surface area contributed by atoms with Crippen molar-refractivity contribution < 1.29 is 22.7 Å². The molecule has 28 heavy (non-hydrogen) atoms. The quantitative estimate of drug-likeness (QED) is 0.786. The maximum Gasteiger partial charge on any atom is 0.257 e. The topological polar surface area (TPSA) is 110 Å². The summed E-state index contributed by atoms with van der Waals surface area (Å²) in [6.07, 6.45) is 3.73. The Hall–Kier alpha value is -2.13. The van der Waals surface area contributed by atoms with Gasteiger partial charge in [-0.1, -0.05) is 6.42 Å². The number of likely N-dealkylation sites (tertiary alicyclic amines) is 1. The van der Waals surface area contributed by atoms with Gasteiger partial charge in [0.25, 0.3) is 5.91 Å². The summed E-state index contributed by atoms with van der Waals surface area (Å²) in [7, 11) is -2.20. The van der Waals surface area contributed by atoms with Crippen molar-refractivity contribution in [1.82, 2.24) is 9.21 Å². The van der Waals surface area contributed by atoms with Gasteiger partial charge in [-0.25, -0.2) is 8.42 Å². The zero-order valence-electron chi connectivity index (χ0n) is 16.1. The second kappa shape index (κ2) is 8.48. The molecule has 0 bridgehead atoms. The van der Waals surface area contributed by atoms with Crippen LogP contribution < -0.4 is 10.5 Å². The third-order valence-electron chi connectivity index (χ3n) is 5.54. The van der Waals surface area contributed by atoms with Crippen LogP contribution in [0.5, 0.6) is 5.75 Å². The van der Waals surface area contributed by atoms with Gasteiger partial charge in [0.1, 0.15) is 5.75 Å². The minimum Gasteiger partial charge on any atom is -0.496 e. The molecular weight excluding hydrogens is 382 g/mol. The molecule has 154 valence electrons. The number of piperidine rings is 2. The molecule has 2 aliphatic rings. The molecule has 1 aromatic carbocycles. The van der Waals surface area contributed by atoms with Gasteiger partial charge in [-0.2, -0.15) is 4.31 Å². The SMILES string of the molecule is COc1ccc(S(=O)(=O)N2CCCCC2)cc1C(=O)N1CCC(C(N)=O)CC1. The molecule has 2 fully saturated rings. The number of carbonyl (C=O) groups is 2. The maximum atomic E-state index is 13.0. The fourth-order valence-corrected chi connectivity index (χ4v) is 5.35. The van der Waals surface area contributed by atoms with Crippen LogP contribution in [0.25, 0.3) is 0 Å². The Morgan fingerprint density at radius 2 is 1.71 bits per heavy atom. The minimum atomic E-state index is -3.65. The number of primary amides is 1. The Labute approximate surface area is 165 Å². The highest BCUT2D eigenvalue weighted by molar-refractivity contribution is 7.89. The van der Waals surface area contributed by atoms with Crippen molar-refractivity contribution in [3.63, 3.8) is 0 Å². The van der Waals surface area contributed by atoms with Crippen molar-refractivity contribution in [3.8, 4) is 5.75 Å². The van der Waals surface area contributed by atoms with Gasteiger partial charge in [-0.3, -0.25) is 9.59 Å². The average Bonchev–Trinajstić information content (AvgIpc) is 2.73. The third-order valence-corrected chi connectivity index (χ3v) is 7.43. The molecule has 2 aliphatic heterocycles. The first-order chi connectivity index (χ1) is 13.3. The fraction of sp³-hybridized carbons (Fsp3) is 0.579. The monoisotopic (exact) mass is 409 g/mol. The lowest BCUT2D eigenvalue weighted by molar-refractivity contribution is -0.123. The Bertz CT molecular complexity index is 841. The van der Waals surface area contributed by atoms with Crippen LogP contribution in [0.2, 0.25) is 0 Å². The standard InChI is InChI=1S/C19H27N3O5S/c1-27-17-6-5-15(28(25,26)22-9-3-2-4-10-22)13-16(17)19(24)21-11-7-14(8-12-21)18(20)23/h5-6,13-14H,2-4,7-12H2,1H3,(H2,20,23). The largest absolute Gasteiger partial charge is 0.496 e. The Morgan fingerprint density at radius 1 is 1.07 bits per heavy atom. The van der Waals surface area contributed by atoms with Crippen molar-refractivity contribution >= 4 is 21.8 Å². The molecule has 0 spiro atoms. The Balaban J connectivity index is 1.85. The van der Waals surface area contributed by atoms with E-state index in [1.807, 2.05) is 0 Å². The summed E-state index contributed by atoms with van der Waals surface area (Å²) in [6, 6.07) is 4.42. The summed E-state index contributed by atoms with van der Waals surface area (Å²) in [6.45, 7) is 1.80. The molecule has 9 heteroatoms. The van der Waals surface area contributed by atoms with Gasteiger partial charge in [0.15, 0.2) is 0 Å². The number of hydrogen-bond donors (Lipinski definition) is 1. The number of nitrogens with two attached hydrogens (primary N) is 1. The average molecular weight is 410 g/mol. The second-order valence-electron chi connectivity index (χ2n) is 7.30. The Morgan fingerprint density at radius 3 is 2.29 bits per heavy atom. The summed E-state index contributed by atoms with van der Waals surface area (Å²) in [5.41, 5.74) is 5.57. The van der Waals surface area contributed by atoms with Gasteiger partial charge in [-0.15, -0.1) is 0 Å². The van der Waals surface area contributed by atoms with E-state index >= 15 is 0 Å². The molecule has 3 rings (SSSR count). The van der Waals surface area contributed by atoms with Crippen molar-refractivity contribution in [2.75, 3.05) is 33.3 Å². The van der Waals surface area contributed by atoms with E-state index in [1.54, 1.807) is 4.90 Å². The number of carbonyl (C=O) groups excluding carboxylic acids is 2. The molecule has 0 unspecified atom stereocenters. The van der Waals surface area contributed by atoms with E-state index in [4.69, 9.17) is 10.5 Å². The van der Waals surface area contributed by atoms with Gasteiger partial charge < -0.3 is 15.4 Å². The molecule has 0 aromatic heterocycles. The zero-order valence-corrected chi connectivity index (χ0v) is 16.9. The number of nitrogens with zero attached hydrogens (tertiary/aromatic N) is 2. The second-order valence-corrected chi connectivity index (χ2v) is 9.23. The summed E-state index contributed by atoms with van der Waals surface area (Å²) in [5.74, 6) is -0.536. The van der Waals surface area contributed by atoms with E-state index in [0.717, 1.165) is 19.3 Å². The first-order valence-electron chi connectivity index (χ1n) is 9.61. The molecule has 1 aromatic rings. The number of rotatable bonds is 5. The number of benzene rings is 1. The van der Waals surface area contributed by atoms with Crippen molar-refractivity contribution in [1.29, 1.82) is 0 Å². The van der Waals surface area contributed by atoms with E-state index in [2.05, 4.69) is 0 Å². The van der Waals surface area contributed by atoms with Gasteiger partial charge in [-0.05, 0) is 43.9 Å². The van der Waals surface area contributed by atoms with Crippen LogP contribution in [0.3, 0.4) is 0 Å². The highest BCUT2D eigenvalue weighted by Gasteiger charge is 2.31. The molecular formula is C19H27N3O5S. The Kier molecular flexibility index (Phi) is 6.24. The summed E-state index contributed by atoms with van der Waals surface area (Å²) < 4.78 is 32.7. The summed E-state index contributed by atoms with van der Waals surface area (Å²) in [5, 5.41) is 0. The number of ether oxygens (including phenoxy) is 1. The molecule has 2 amide bonds. The van der Waals surface area contributed by atoms with E-state index in [9.17, 15) is 18.0 Å². The van der Waals surface area contributed by atoms with Gasteiger partial charge in [0.2, 0.25) is 15.9 Å². The molecule has 8 nitrogen and oxygen atoms in total. The number of amides is 2. The van der Waals surface area contributed by atoms with Gasteiger partial charge >= 0.3 is 0 Å². The smallest absolute Gasteiger partial charge is 0.257 e. The summed E-state index contributed by atoms with van der Waals surface area (Å²) in [4.78, 5) is 26.1. The van der Waals surface area contributed by atoms with E-state index in [0.29, 0.717) is 44.8 Å². The predicted octanol–water partition coefficient (Wildman–Crippen LogP) is 1.21. The predicted molar refractivity (Wildman–Crippen MR) is 103 cm³/mol. The lowest BCUT2D eigenvalue weighted by Gasteiger charge is -2.31. The van der Waals surface area contributed by atoms with Crippen LogP contribution in [-0.4, -0.2) is 62.7 Å². The van der Waals surface area contributed by atoms with Crippen LogP contribution in [-0.2, 0) is 14.8 Å². The molecule has 0 atom stereocenters. The highest BCUT2D eigenvalue weighted by atomic mass is 32.2. The van der Waals surface area contributed by atoms with E-state index in [-0.39, 0.29) is 28.2 Å². The molecule has 2 heterocycles. The van der Waals surface area contributed by atoms with E-state index < -0.39 is 10.0 Å². The first kappa shape index (κ1) is 20.6. The van der Waals surface area contributed by atoms with Crippen LogP contribution in [0.1, 0.15) is 42.5 Å². The minimum absolute atomic E-state index is 0.102. The molecule has 2 saturated heterocycles. The van der Waals surface area contributed by atoms with Crippen molar-refractivity contribution in [3.05, 3.63) is 23.8 Å². The zero-order chi connectivity index (χ0) is 20.3. The molecule has 0 radical (unpaired) electrons. The fourth-order valence-electron chi connectivity index (χ4n) is 3.81. The molecule has 0 saturated carbocycles. The lowest BCUT2D eigenvalue weighted by atomic mass is 9.96. The van der Waals surface area contributed by atoms with E-state index in [1.165, 1.54) is 29.6 Å². The molecule has 2 N–H and O–H groups in total. The van der Waals surface area contributed by atoms with Gasteiger partial charge in [0.05, 0.1) is 17.6 Å². The number of sulfonamides is 1. The van der Waals surface area contributed by atoms with Crippen LogP contribution in [0.4, 0.5) is 0 Å². The van der Waals surface area contributed by atoms with Crippen molar-refractivity contribution in [2.24, 2.45) is 11.7 Å². The van der Waals surface area contributed by atoms with Crippen LogP contribution in [0.15, 0.2) is 23.1 Å². The lowest BCUT2D eigenvalue weighted by Crippen LogP contribution is -2.42. The highest BCUT2D eigenvalue weighted by Crippen LogP contribution is 2.28. The molecule has 0 aliphatic carbocycles. The van der Waals surface area contributed by atoms with Gasteiger partial charge in [0, 0.05) is 32.1 Å². The normalized spacial score (nSPS) is 19.4. The van der Waals surface area contributed by atoms with Crippen molar-refractivity contribution in [2.45, 2.75) is 37.0 Å².